The van der Waals surface area contributed by atoms with Crippen molar-refractivity contribution >= 4 is 21.6 Å². The molecular weight excluding hydrogens is 228 g/mol. The Hall–Kier alpha value is -0.540. The molecule has 1 aromatic rings. The smallest absolute Gasteiger partial charge is 0.0462 e. The van der Waals surface area contributed by atoms with E-state index in [-0.39, 0.29) is 0 Å². The minimum atomic E-state index is 0.836. The molecule has 0 aromatic heterocycles. The standard InChI is InChI=1S/C10H13BrN2/c11-10-8-6-13-5-1-2-7(8)3-4-9(10)12/h3-4,13H,1-2,5-6,12H2. The van der Waals surface area contributed by atoms with Gasteiger partial charge in [-0.3, -0.25) is 0 Å². The first-order valence-electron chi connectivity index (χ1n) is 4.55. The molecular formula is C10H13BrN2. The predicted octanol–water partition coefficient (Wildman–Crippen LogP) is 2.07. The summed E-state index contributed by atoms with van der Waals surface area (Å²) in [6.07, 6.45) is 2.37. The van der Waals surface area contributed by atoms with E-state index >= 15 is 0 Å². The maximum atomic E-state index is 5.82. The summed E-state index contributed by atoms with van der Waals surface area (Å²) in [5.74, 6) is 0. The number of fused-ring (bicyclic) bond motifs is 1. The summed E-state index contributed by atoms with van der Waals surface area (Å²) in [4.78, 5) is 0. The number of nitrogens with two attached hydrogens (primary N) is 1. The van der Waals surface area contributed by atoms with Gasteiger partial charge in [0.2, 0.25) is 0 Å². The van der Waals surface area contributed by atoms with Gasteiger partial charge >= 0.3 is 0 Å². The third-order valence-corrected chi connectivity index (χ3v) is 3.41. The van der Waals surface area contributed by atoms with Gasteiger partial charge in [0, 0.05) is 16.7 Å². The number of nitrogen functional groups attached to an aromatic ring is 1. The summed E-state index contributed by atoms with van der Waals surface area (Å²) in [6, 6.07) is 4.12. The van der Waals surface area contributed by atoms with Crippen LogP contribution in [0.3, 0.4) is 0 Å². The van der Waals surface area contributed by atoms with E-state index in [1.807, 2.05) is 6.07 Å². The Kier molecular flexibility index (Phi) is 2.56. The number of aryl methyl sites for hydroxylation is 1. The van der Waals surface area contributed by atoms with Gasteiger partial charge in [0.1, 0.15) is 0 Å². The average Bonchev–Trinajstić information content (AvgIpc) is 2.36. The van der Waals surface area contributed by atoms with Crippen LogP contribution in [0.15, 0.2) is 16.6 Å². The lowest BCUT2D eigenvalue weighted by atomic mass is 10.0. The first-order valence-corrected chi connectivity index (χ1v) is 5.35. The number of rotatable bonds is 0. The Morgan fingerprint density at radius 3 is 3.08 bits per heavy atom. The summed E-state index contributed by atoms with van der Waals surface area (Å²) in [6.45, 7) is 2.03. The van der Waals surface area contributed by atoms with Gasteiger partial charge in [-0.2, -0.15) is 0 Å². The third-order valence-electron chi connectivity index (χ3n) is 2.47. The number of hydrogen-bond acceptors (Lipinski definition) is 2. The molecule has 0 bridgehead atoms. The fourth-order valence-electron chi connectivity index (χ4n) is 1.72. The lowest BCUT2D eigenvalue weighted by Gasteiger charge is -2.09. The first kappa shape index (κ1) is 9.03. The van der Waals surface area contributed by atoms with E-state index in [9.17, 15) is 0 Å². The van der Waals surface area contributed by atoms with Gasteiger partial charge in [-0.05, 0) is 52.5 Å². The van der Waals surface area contributed by atoms with Crippen LogP contribution in [-0.2, 0) is 13.0 Å². The largest absolute Gasteiger partial charge is 0.398 e. The van der Waals surface area contributed by atoms with Crippen LogP contribution < -0.4 is 11.1 Å². The zero-order valence-corrected chi connectivity index (χ0v) is 9.02. The molecule has 0 radical (unpaired) electrons. The van der Waals surface area contributed by atoms with Crippen LogP contribution in [0.4, 0.5) is 5.69 Å². The maximum absolute atomic E-state index is 5.82. The van der Waals surface area contributed by atoms with Crippen molar-refractivity contribution in [2.45, 2.75) is 19.4 Å². The van der Waals surface area contributed by atoms with Crippen LogP contribution in [-0.4, -0.2) is 6.54 Å². The van der Waals surface area contributed by atoms with E-state index in [0.717, 1.165) is 29.7 Å². The second kappa shape index (κ2) is 3.68. The summed E-state index contributed by atoms with van der Waals surface area (Å²) in [5, 5.41) is 3.39. The van der Waals surface area contributed by atoms with Crippen molar-refractivity contribution in [2.24, 2.45) is 0 Å². The molecule has 0 spiro atoms. The summed E-state index contributed by atoms with van der Waals surface area (Å²) in [7, 11) is 0. The summed E-state index contributed by atoms with van der Waals surface area (Å²) >= 11 is 3.54. The fourth-order valence-corrected chi connectivity index (χ4v) is 2.25. The molecule has 0 atom stereocenters. The minimum Gasteiger partial charge on any atom is -0.398 e. The van der Waals surface area contributed by atoms with Crippen LogP contribution in [0.1, 0.15) is 17.5 Å². The molecule has 0 fully saturated rings. The number of benzene rings is 1. The van der Waals surface area contributed by atoms with Crippen LogP contribution in [0.2, 0.25) is 0 Å². The van der Waals surface area contributed by atoms with Gasteiger partial charge in [-0.15, -0.1) is 0 Å². The van der Waals surface area contributed by atoms with Crippen molar-refractivity contribution < 1.29 is 0 Å². The molecule has 1 aliphatic heterocycles. The van der Waals surface area contributed by atoms with Gasteiger partial charge in [0.05, 0.1) is 0 Å². The highest BCUT2D eigenvalue weighted by Crippen LogP contribution is 2.28. The average molecular weight is 241 g/mol. The van der Waals surface area contributed by atoms with Crippen LogP contribution in [0.5, 0.6) is 0 Å². The zero-order chi connectivity index (χ0) is 9.26. The second-order valence-electron chi connectivity index (χ2n) is 3.39. The van der Waals surface area contributed by atoms with Crippen molar-refractivity contribution in [3.05, 3.63) is 27.7 Å². The van der Waals surface area contributed by atoms with E-state index in [4.69, 9.17) is 5.73 Å². The number of hydrogen-bond donors (Lipinski definition) is 2. The minimum absolute atomic E-state index is 0.836. The molecule has 3 heteroatoms. The van der Waals surface area contributed by atoms with Gasteiger partial charge < -0.3 is 11.1 Å². The molecule has 13 heavy (non-hydrogen) atoms. The summed E-state index contributed by atoms with van der Waals surface area (Å²) in [5.41, 5.74) is 9.41. The molecule has 2 rings (SSSR count). The molecule has 0 saturated heterocycles. The Morgan fingerprint density at radius 2 is 2.23 bits per heavy atom. The molecule has 3 N–H and O–H groups in total. The second-order valence-corrected chi connectivity index (χ2v) is 4.18. The molecule has 70 valence electrons. The zero-order valence-electron chi connectivity index (χ0n) is 7.44. The Morgan fingerprint density at radius 1 is 1.38 bits per heavy atom. The van der Waals surface area contributed by atoms with Crippen LogP contribution in [0, 0.1) is 0 Å². The normalized spacial score (nSPS) is 16.4. The highest BCUT2D eigenvalue weighted by molar-refractivity contribution is 9.10. The van der Waals surface area contributed by atoms with E-state index in [1.165, 1.54) is 17.5 Å². The number of anilines is 1. The van der Waals surface area contributed by atoms with Gasteiger partial charge in [-0.25, -0.2) is 0 Å². The highest BCUT2D eigenvalue weighted by Gasteiger charge is 2.11. The Labute approximate surface area is 86.6 Å². The Balaban J connectivity index is 2.48. The first-order chi connectivity index (χ1) is 6.29. The van der Waals surface area contributed by atoms with E-state index < -0.39 is 0 Å². The van der Waals surface area contributed by atoms with Crippen molar-refractivity contribution in [1.82, 2.24) is 5.32 Å². The lowest BCUT2D eigenvalue weighted by Crippen LogP contribution is -2.12. The number of halogens is 1. The molecule has 1 aromatic carbocycles. The Bertz CT molecular complexity index is 323. The monoisotopic (exact) mass is 240 g/mol. The van der Waals surface area contributed by atoms with Crippen molar-refractivity contribution in [1.29, 1.82) is 0 Å². The topological polar surface area (TPSA) is 38.0 Å². The maximum Gasteiger partial charge on any atom is 0.0462 e. The summed E-state index contributed by atoms with van der Waals surface area (Å²) < 4.78 is 1.07. The van der Waals surface area contributed by atoms with E-state index in [0.29, 0.717) is 0 Å². The van der Waals surface area contributed by atoms with Crippen molar-refractivity contribution in [2.75, 3.05) is 12.3 Å². The van der Waals surface area contributed by atoms with Crippen LogP contribution >= 0.6 is 15.9 Å². The fraction of sp³-hybridized carbons (Fsp3) is 0.400. The van der Waals surface area contributed by atoms with Gasteiger partial charge in [-0.1, -0.05) is 6.07 Å². The molecule has 1 aliphatic rings. The lowest BCUT2D eigenvalue weighted by molar-refractivity contribution is 0.680. The molecule has 0 aliphatic carbocycles. The quantitative estimate of drug-likeness (QED) is 0.682. The molecule has 1 heterocycles. The number of nitrogens with one attached hydrogen (secondary N) is 1. The van der Waals surface area contributed by atoms with Gasteiger partial charge in [0.15, 0.2) is 0 Å². The van der Waals surface area contributed by atoms with Crippen LogP contribution in [0.25, 0.3) is 0 Å². The molecule has 0 saturated carbocycles. The van der Waals surface area contributed by atoms with E-state index in [1.54, 1.807) is 0 Å². The highest BCUT2D eigenvalue weighted by atomic mass is 79.9. The predicted molar refractivity (Wildman–Crippen MR) is 58.6 cm³/mol. The van der Waals surface area contributed by atoms with Gasteiger partial charge in [0.25, 0.3) is 0 Å². The molecule has 0 amide bonds. The molecule has 0 unspecified atom stereocenters. The van der Waals surface area contributed by atoms with Crippen molar-refractivity contribution in [3.8, 4) is 0 Å². The van der Waals surface area contributed by atoms with E-state index in [2.05, 4.69) is 27.3 Å². The third kappa shape index (κ3) is 1.71. The molecule has 2 nitrogen and oxygen atoms in total. The van der Waals surface area contributed by atoms with Crippen molar-refractivity contribution in [3.63, 3.8) is 0 Å². The SMILES string of the molecule is Nc1ccc2c(c1Br)CNCCC2.